The zero-order valence-electron chi connectivity index (χ0n) is 14.2. The van der Waals surface area contributed by atoms with Crippen LogP contribution >= 0.6 is 0 Å². The van der Waals surface area contributed by atoms with Gasteiger partial charge in [-0.1, -0.05) is 12.1 Å². The van der Waals surface area contributed by atoms with E-state index in [1.54, 1.807) is 24.3 Å². The van der Waals surface area contributed by atoms with Crippen LogP contribution in [-0.2, 0) is 13.1 Å². The number of aromatic nitrogens is 5. The molecule has 0 radical (unpaired) electrons. The van der Waals surface area contributed by atoms with Gasteiger partial charge in [-0.3, -0.25) is 9.67 Å². The Morgan fingerprint density at radius 3 is 2.72 bits per heavy atom. The first-order chi connectivity index (χ1) is 12.3. The summed E-state index contributed by atoms with van der Waals surface area (Å²) in [6.07, 6.45) is 7.95. The molecule has 0 aliphatic carbocycles. The Kier molecular flexibility index (Phi) is 5.76. The van der Waals surface area contributed by atoms with Crippen LogP contribution < -0.4 is 10.6 Å². The minimum Gasteiger partial charge on any atom is -0.356 e. The summed E-state index contributed by atoms with van der Waals surface area (Å²) in [5.74, 6) is 0.792. The van der Waals surface area contributed by atoms with E-state index in [1.165, 1.54) is 11.9 Å². The number of hydrogen-bond donors (Lipinski definition) is 2. The van der Waals surface area contributed by atoms with Gasteiger partial charge >= 0.3 is 0 Å². The lowest BCUT2D eigenvalue weighted by molar-refractivity contribution is 0.570. The Balaban J connectivity index is 1.41. The minimum atomic E-state index is 0.705. The first-order valence-corrected chi connectivity index (χ1v) is 8.21. The van der Waals surface area contributed by atoms with Gasteiger partial charge in [0, 0.05) is 39.1 Å². The Morgan fingerprint density at radius 2 is 2.04 bits per heavy atom. The second kappa shape index (κ2) is 8.62. The van der Waals surface area contributed by atoms with Crippen LogP contribution in [0.15, 0.2) is 60.4 Å². The SMILES string of the molecule is CN=C(NCCCn1cccn1)NCc1ccc(-n2cncn2)cc1. The Morgan fingerprint density at radius 1 is 1.16 bits per heavy atom. The highest BCUT2D eigenvalue weighted by molar-refractivity contribution is 5.79. The Bertz CT molecular complexity index is 760. The van der Waals surface area contributed by atoms with Crippen LogP contribution in [0.1, 0.15) is 12.0 Å². The van der Waals surface area contributed by atoms with E-state index in [9.17, 15) is 0 Å². The van der Waals surface area contributed by atoms with Gasteiger partial charge in [0.15, 0.2) is 5.96 Å². The van der Waals surface area contributed by atoms with Gasteiger partial charge in [-0.15, -0.1) is 0 Å². The van der Waals surface area contributed by atoms with E-state index >= 15 is 0 Å². The fraction of sp³-hybridized carbons (Fsp3) is 0.294. The fourth-order valence-electron chi connectivity index (χ4n) is 2.40. The molecule has 130 valence electrons. The first-order valence-electron chi connectivity index (χ1n) is 8.21. The molecule has 0 spiro atoms. The molecule has 3 rings (SSSR count). The van der Waals surface area contributed by atoms with Crippen molar-refractivity contribution in [2.75, 3.05) is 13.6 Å². The highest BCUT2D eigenvalue weighted by atomic mass is 15.3. The number of aryl methyl sites for hydroxylation is 1. The second-order valence-corrected chi connectivity index (χ2v) is 5.48. The van der Waals surface area contributed by atoms with Crippen LogP contribution in [0, 0.1) is 0 Å². The average Bonchev–Trinajstić information content (AvgIpc) is 3.35. The van der Waals surface area contributed by atoms with Crippen LogP contribution in [-0.4, -0.2) is 44.1 Å². The molecule has 8 nitrogen and oxygen atoms in total. The van der Waals surface area contributed by atoms with Gasteiger partial charge in [-0.2, -0.15) is 10.2 Å². The van der Waals surface area contributed by atoms with Crippen LogP contribution in [0.5, 0.6) is 0 Å². The van der Waals surface area contributed by atoms with E-state index in [4.69, 9.17) is 0 Å². The molecular weight excluding hydrogens is 316 g/mol. The van der Waals surface area contributed by atoms with Crippen molar-refractivity contribution in [2.24, 2.45) is 4.99 Å². The number of benzene rings is 1. The maximum atomic E-state index is 4.25. The van der Waals surface area contributed by atoms with Crippen LogP contribution in [0.2, 0.25) is 0 Å². The average molecular weight is 338 g/mol. The van der Waals surface area contributed by atoms with Gasteiger partial charge in [-0.05, 0) is 30.2 Å². The summed E-state index contributed by atoms with van der Waals surface area (Å²) in [7, 11) is 1.77. The molecule has 0 saturated heterocycles. The standard InChI is InChI=1S/C17H22N8/c1-18-17(20-8-2-10-24-11-3-9-22-24)21-12-15-4-6-16(7-5-15)25-14-19-13-23-25/h3-7,9,11,13-14H,2,8,10,12H2,1H3,(H2,18,20,21). The number of guanidine groups is 1. The molecule has 1 aromatic carbocycles. The van der Waals surface area contributed by atoms with Crippen molar-refractivity contribution >= 4 is 5.96 Å². The van der Waals surface area contributed by atoms with Crippen molar-refractivity contribution in [3.63, 3.8) is 0 Å². The predicted octanol–water partition coefficient (Wildman–Crippen LogP) is 1.22. The third-order valence-electron chi connectivity index (χ3n) is 3.72. The third kappa shape index (κ3) is 4.90. The monoisotopic (exact) mass is 338 g/mol. The Hall–Kier alpha value is -3.16. The van der Waals surface area contributed by atoms with Gasteiger partial charge < -0.3 is 10.6 Å². The molecule has 3 aromatic rings. The molecule has 8 heteroatoms. The molecule has 0 unspecified atom stereocenters. The normalized spacial score (nSPS) is 11.5. The number of aliphatic imine (C=N–C) groups is 1. The molecule has 0 fully saturated rings. The summed E-state index contributed by atoms with van der Waals surface area (Å²) < 4.78 is 3.66. The quantitative estimate of drug-likeness (QED) is 0.384. The summed E-state index contributed by atoms with van der Waals surface area (Å²) in [5.41, 5.74) is 2.16. The molecular formula is C17H22N8. The number of nitrogens with zero attached hydrogens (tertiary/aromatic N) is 6. The highest BCUT2D eigenvalue weighted by Gasteiger charge is 2.00. The summed E-state index contributed by atoms with van der Waals surface area (Å²) in [5, 5.41) is 14.9. The predicted molar refractivity (Wildman–Crippen MR) is 96.4 cm³/mol. The zero-order chi connectivity index (χ0) is 17.3. The van der Waals surface area contributed by atoms with Crippen molar-refractivity contribution in [3.05, 3.63) is 60.9 Å². The molecule has 2 N–H and O–H groups in total. The van der Waals surface area contributed by atoms with Gasteiger partial charge in [0.05, 0.1) is 5.69 Å². The molecule has 0 atom stereocenters. The smallest absolute Gasteiger partial charge is 0.191 e. The van der Waals surface area contributed by atoms with Crippen LogP contribution in [0.3, 0.4) is 0 Å². The van der Waals surface area contributed by atoms with Crippen molar-refractivity contribution < 1.29 is 0 Å². The molecule has 0 saturated carbocycles. The summed E-state index contributed by atoms with van der Waals surface area (Å²) in [4.78, 5) is 8.20. The number of hydrogen-bond acceptors (Lipinski definition) is 4. The van der Waals surface area contributed by atoms with Crippen molar-refractivity contribution in [1.82, 2.24) is 35.2 Å². The second-order valence-electron chi connectivity index (χ2n) is 5.48. The topological polar surface area (TPSA) is 85.0 Å². The van der Waals surface area contributed by atoms with Gasteiger partial charge in [0.2, 0.25) is 0 Å². The van der Waals surface area contributed by atoms with E-state index < -0.39 is 0 Å². The van der Waals surface area contributed by atoms with E-state index in [0.717, 1.165) is 31.2 Å². The maximum absolute atomic E-state index is 4.25. The van der Waals surface area contributed by atoms with E-state index in [-0.39, 0.29) is 0 Å². The van der Waals surface area contributed by atoms with Crippen molar-refractivity contribution in [1.29, 1.82) is 0 Å². The molecule has 25 heavy (non-hydrogen) atoms. The lowest BCUT2D eigenvalue weighted by Gasteiger charge is -2.12. The highest BCUT2D eigenvalue weighted by Crippen LogP contribution is 2.07. The van der Waals surface area contributed by atoms with Gasteiger partial charge in [-0.25, -0.2) is 9.67 Å². The molecule has 2 heterocycles. The maximum Gasteiger partial charge on any atom is 0.191 e. The van der Waals surface area contributed by atoms with E-state index in [2.05, 4.69) is 42.9 Å². The Labute approximate surface area is 146 Å². The van der Waals surface area contributed by atoms with E-state index in [1.807, 2.05) is 29.1 Å². The van der Waals surface area contributed by atoms with Crippen molar-refractivity contribution in [2.45, 2.75) is 19.5 Å². The summed E-state index contributed by atoms with van der Waals surface area (Å²) >= 11 is 0. The molecule has 0 bridgehead atoms. The first kappa shape index (κ1) is 16.7. The molecule has 0 amide bonds. The summed E-state index contributed by atoms with van der Waals surface area (Å²) in [6, 6.07) is 10.1. The summed E-state index contributed by atoms with van der Waals surface area (Å²) in [6.45, 7) is 2.43. The zero-order valence-corrected chi connectivity index (χ0v) is 14.2. The number of nitrogens with one attached hydrogen (secondary N) is 2. The fourth-order valence-corrected chi connectivity index (χ4v) is 2.40. The van der Waals surface area contributed by atoms with E-state index in [0.29, 0.717) is 6.54 Å². The van der Waals surface area contributed by atoms with Crippen LogP contribution in [0.25, 0.3) is 5.69 Å². The van der Waals surface area contributed by atoms with Gasteiger partial charge in [0.25, 0.3) is 0 Å². The lowest BCUT2D eigenvalue weighted by Crippen LogP contribution is -2.37. The van der Waals surface area contributed by atoms with Crippen LogP contribution in [0.4, 0.5) is 0 Å². The van der Waals surface area contributed by atoms with Crippen molar-refractivity contribution in [3.8, 4) is 5.69 Å². The molecule has 0 aliphatic rings. The van der Waals surface area contributed by atoms with Gasteiger partial charge in [0.1, 0.15) is 12.7 Å². The minimum absolute atomic E-state index is 0.705. The lowest BCUT2D eigenvalue weighted by atomic mass is 10.2. The largest absolute Gasteiger partial charge is 0.356 e. The molecule has 0 aliphatic heterocycles. The molecule has 2 aromatic heterocycles. The third-order valence-corrected chi connectivity index (χ3v) is 3.72. The number of rotatable bonds is 7.